The maximum atomic E-state index is 13.6. The summed E-state index contributed by atoms with van der Waals surface area (Å²) in [6, 6.07) is 5.73. The molecule has 2 nitrogen and oxygen atoms in total. The highest BCUT2D eigenvalue weighted by Gasteiger charge is 2.43. The Kier molecular flexibility index (Phi) is 4.40. The largest absolute Gasteiger partial charge is 0.310 e. The molecule has 1 aromatic rings. The number of benzene rings is 1. The summed E-state index contributed by atoms with van der Waals surface area (Å²) in [4.78, 5) is 2.51. The van der Waals surface area contributed by atoms with Crippen molar-refractivity contribution in [2.45, 2.75) is 51.2 Å². The van der Waals surface area contributed by atoms with Crippen LogP contribution in [0.25, 0.3) is 0 Å². The van der Waals surface area contributed by atoms with E-state index in [0.29, 0.717) is 6.04 Å². The minimum atomic E-state index is -0.162. The maximum Gasteiger partial charge on any atom is 0.124 e. The summed E-state index contributed by atoms with van der Waals surface area (Å²) in [5.41, 5.74) is 1.27. The molecule has 0 bridgehead atoms. The standard InChI is InChI=1S/C17H24BrFN2/c1-12-5-6-20-17(2,14-3-4-14)11-21(12)10-13-7-15(18)9-16(19)8-13/h7-9,12,14,20H,3-6,10-11H2,1-2H3. The lowest BCUT2D eigenvalue weighted by atomic mass is 9.95. The molecule has 1 aromatic carbocycles. The van der Waals surface area contributed by atoms with Gasteiger partial charge < -0.3 is 5.32 Å². The average molecular weight is 355 g/mol. The van der Waals surface area contributed by atoms with Crippen molar-refractivity contribution >= 4 is 15.9 Å². The smallest absolute Gasteiger partial charge is 0.124 e. The molecule has 4 heteroatoms. The summed E-state index contributed by atoms with van der Waals surface area (Å²) in [7, 11) is 0. The Hall–Kier alpha value is -0.450. The highest BCUT2D eigenvalue weighted by molar-refractivity contribution is 9.10. The van der Waals surface area contributed by atoms with Crippen LogP contribution in [-0.2, 0) is 6.54 Å². The predicted octanol–water partition coefficient (Wildman–Crippen LogP) is 3.94. The summed E-state index contributed by atoms with van der Waals surface area (Å²) in [5.74, 6) is 0.648. The van der Waals surface area contributed by atoms with Crippen LogP contribution >= 0.6 is 15.9 Å². The molecule has 3 rings (SSSR count). The summed E-state index contributed by atoms with van der Waals surface area (Å²) >= 11 is 3.39. The molecule has 1 heterocycles. The third-order valence-electron chi connectivity index (χ3n) is 5.03. The van der Waals surface area contributed by atoms with Crippen LogP contribution in [0.1, 0.15) is 38.7 Å². The van der Waals surface area contributed by atoms with Gasteiger partial charge in [-0.2, -0.15) is 0 Å². The molecule has 0 aromatic heterocycles. The van der Waals surface area contributed by atoms with Gasteiger partial charge in [0, 0.05) is 29.1 Å². The summed E-state index contributed by atoms with van der Waals surface area (Å²) in [6.45, 7) is 7.60. The van der Waals surface area contributed by atoms with Crippen LogP contribution in [0.5, 0.6) is 0 Å². The quantitative estimate of drug-likeness (QED) is 0.884. The van der Waals surface area contributed by atoms with Gasteiger partial charge in [-0.15, -0.1) is 0 Å². The Morgan fingerprint density at radius 3 is 2.76 bits per heavy atom. The van der Waals surface area contributed by atoms with Crippen molar-refractivity contribution in [3.05, 3.63) is 34.1 Å². The molecule has 1 aliphatic carbocycles. The lowest BCUT2D eigenvalue weighted by Gasteiger charge is -2.36. The molecular weight excluding hydrogens is 331 g/mol. The summed E-state index contributed by atoms with van der Waals surface area (Å²) in [5, 5.41) is 3.76. The van der Waals surface area contributed by atoms with Crippen LogP contribution in [0.3, 0.4) is 0 Å². The molecule has 2 fully saturated rings. The van der Waals surface area contributed by atoms with Gasteiger partial charge in [0.2, 0.25) is 0 Å². The van der Waals surface area contributed by atoms with Crippen molar-refractivity contribution in [1.29, 1.82) is 0 Å². The first-order valence-corrected chi connectivity index (χ1v) is 8.70. The molecule has 21 heavy (non-hydrogen) atoms. The van der Waals surface area contributed by atoms with Crippen LogP contribution in [0, 0.1) is 11.7 Å². The normalized spacial score (nSPS) is 31.1. The van der Waals surface area contributed by atoms with Gasteiger partial charge >= 0.3 is 0 Å². The Morgan fingerprint density at radius 1 is 1.33 bits per heavy atom. The fourth-order valence-corrected chi connectivity index (χ4v) is 4.04. The zero-order valence-electron chi connectivity index (χ0n) is 12.8. The second-order valence-electron chi connectivity index (χ2n) is 6.94. The first-order valence-electron chi connectivity index (χ1n) is 7.90. The zero-order chi connectivity index (χ0) is 15.0. The Morgan fingerprint density at radius 2 is 2.10 bits per heavy atom. The molecule has 116 valence electrons. The van der Waals surface area contributed by atoms with Crippen molar-refractivity contribution in [3.8, 4) is 0 Å². The summed E-state index contributed by atoms with van der Waals surface area (Å²) in [6.07, 6.45) is 3.84. The van der Waals surface area contributed by atoms with E-state index in [0.717, 1.165) is 42.0 Å². The maximum absolute atomic E-state index is 13.6. The van der Waals surface area contributed by atoms with E-state index in [2.05, 4.69) is 40.0 Å². The summed E-state index contributed by atoms with van der Waals surface area (Å²) < 4.78 is 14.4. The second-order valence-corrected chi connectivity index (χ2v) is 7.85. The van der Waals surface area contributed by atoms with E-state index >= 15 is 0 Å². The Labute approximate surface area is 135 Å². The number of nitrogens with zero attached hydrogens (tertiary/aromatic N) is 1. The lowest BCUT2D eigenvalue weighted by molar-refractivity contribution is 0.154. The van der Waals surface area contributed by atoms with Gasteiger partial charge in [-0.1, -0.05) is 15.9 Å². The van der Waals surface area contributed by atoms with Crippen molar-refractivity contribution in [2.75, 3.05) is 13.1 Å². The fourth-order valence-electron chi connectivity index (χ4n) is 3.53. The van der Waals surface area contributed by atoms with Crippen LogP contribution < -0.4 is 5.32 Å². The molecule has 0 spiro atoms. The monoisotopic (exact) mass is 354 g/mol. The molecule has 2 aliphatic rings. The third-order valence-corrected chi connectivity index (χ3v) is 5.49. The molecule has 1 N–H and O–H groups in total. The Bertz CT molecular complexity index is 497. The van der Waals surface area contributed by atoms with E-state index in [4.69, 9.17) is 0 Å². The van der Waals surface area contributed by atoms with Gasteiger partial charge in [-0.05, 0) is 69.3 Å². The molecule has 0 amide bonds. The van der Waals surface area contributed by atoms with E-state index in [1.165, 1.54) is 18.9 Å². The van der Waals surface area contributed by atoms with E-state index in [9.17, 15) is 4.39 Å². The molecule has 1 saturated carbocycles. The zero-order valence-corrected chi connectivity index (χ0v) is 14.4. The van der Waals surface area contributed by atoms with E-state index in [1.54, 1.807) is 6.07 Å². The van der Waals surface area contributed by atoms with Gasteiger partial charge in [-0.25, -0.2) is 4.39 Å². The van der Waals surface area contributed by atoms with Crippen LogP contribution in [0.15, 0.2) is 22.7 Å². The molecule has 2 atom stereocenters. The molecule has 1 saturated heterocycles. The molecule has 2 unspecified atom stereocenters. The number of hydrogen-bond donors (Lipinski definition) is 1. The second kappa shape index (κ2) is 5.98. The van der Waals surface area contributed by atoms with Crippen LogP contribution in [0.2, 0.25) is 0 Å². The molecular formula is C17H24BrFN2. The van der Waals surface area contributed by atoms with Crippen molar-refractivity contribution in [2.24, 2.45) is 5.92 Å². The highest BCUT2D eigenvalue weighted by atomic mass is 79.9. The predicted molar refractivity (Wildman–Crippen MR) is 87.7 cm³/mol. The third kappa shape index (κ3) is 3.66. The van der Waals surface area contributed by atoms with E-state index in [-0.39, 0.29) is 11.4 Å². The Balaban J connectivity index is 1.77. The van der Waals surface area contributed by atoms with Crippen LogP contribution in [0.4, 0.5) is 4.39 Å². The van der Waals surface area contributed by atoms with Gasteiger partial charge in [0.25, 0.3) is 0 Å². The van der Waals surface area contributed by atoms with Gasteiger partial charge in [0.15, 0.2) is 0 Å². The topological polar surface area (TPSA) is 15.3 Å². The van der Waals surface area contributed by atoms with Gasteiger partial charge in [0.05, 0.1) is 0 Å². The first-order chi connectivity index (χ1) is 9.96. The minimum Gasteiger partial charge on any atom is -0.310 e. The van der Waals surface area contributed by atoms with E-state index < -0.39 is 0 Å². The van der Waals surface area contributed by atoms with E-state index in [1.807, 2.05) is 6.07 Å². The number of halogens is 2. The minimum absolute atomic E-state index is 0.162. The first kappa shape index (κ1) is 15.4. The van der Waals surface area contributed by atoms with Gasteiger partial charge in [0.1, 0.15) is 5.82 Å². The number of hydrogen-bond acceptors (Lipinski definition) is 2. The molecule has 1 aliphatic heterocycles. The van der Waals surface area contributed by atoms with Crippen molar-refractivity contribution in [1.82, 2.24) is 10.2 Å². The van der Waals surface area contributed by atoms with Crippen molar-refractivity contribution in [3.63, 3.8) is 0 Å². The lowest BCUT2D eigenvalue weighted by Crippen LogP contribution is -2.51. The van der Waals surface area contributed by atoms with Crippen LogP contribution in [-0.4, -0.2) is 29.6 Å². The van der Waals surface area contributed by atoms with Crippen molar-refractivity contribution < 1.29 is 4.39 Å². The van der Waals surface area contributed by atoms with Gasteiger partial charge in [-0.3, -0.25) is 4.90 Å². The SMILES string of the molecule is CC1CCNC(C)(C2CC2)CN1Cc1cc(F)cc(Br)c1. The average Bonchev–Trinajstić information content (AvgIpc) is 3.20. The fraction of sp³-hybridized carbons (Fsp3) is 0.647. The molecule has 0 radical (unpaired) electrons. The number of rotatable bonds is 3. The highest BCUT2D eigenvalue weighted by Crippen LogP contribution is 2.41. The number of nitrogens with one attached hydrogen (secondary N) is 1.